The summed E-state index contributed by atoms with van der Waals surface area (Å²) in [7, 11) is 0. The fourth-order valence-electron chi connectivity index (χ4n) is 3.79. The maximum absolute atomic E-state index is 13.2. The van der Waals surface area contributed by atoms with E-state index in [1.54, 1.807) is 29.1 Å². The molecule has 3 amide bonds. The van der Waals surface area contributed by atoms with Crippen LogP contribution in [-0.4, -0.2) is 78.9 Å². The number of hydrogen-bond acceptors (Lipinski definition) is 13. The number of aromatic nitrogens is 2. The molecular weight excluding hydrogens is 611 g/mol. The standard InChI is InChI=1S/C24H25N7O8S3/c1-24(2,22(37)38)39-29-15(13-10-42-23(26)27-13)18(33)28-16-19(34)31-17(21(35)36)11(9-41-20(16)31)8-40-12-3-5-30(6-4-12)7-14(25)32/h3-6,10,16,20H,7-9H2,1-2H3,(H6-,25,26,27,28,32,33,35,36,37,38)/b29-15-/t16-,20-/m1/s1. The minimum absolute atomic E-state index is 0.00630. The summed E-state index contributed by atoms with van der Waals surface area (Å²) in [6.45, 7) is 2.49. The van der Waals surface area contributed by atoms with Crippen LogP contribution in [0.1, 0.15) is 19.5 Å². The normalized spacial score (nSPS) is 18.7. The van der Waals surface area contributed by atoms with Crippen LogP contribution >= 0.6 is 34.9 Å². The van der Waals surface area contributed by atoms with Crippen molar-refractivity contribution in [3.8, 4) is 0 Å². The van der Waals surface area contributed by atoms with Crippen LogP contribution in [0.2, 0.25) is 0 Å². The van der Waals surface area contributed by atoms with Gasteiger partial charge in [-0.2, -0.15) is 4.57 Å². The molecule has 1 saturated heterocycles. The molecule has 6 N–H and O–H groups in total. The van der Waals surface area contributed by atoms with Gasteiger partial charge >= 0.3 is 5.97 Å². The summed E-state index contributed by atoms with van der Waals surface area (Å²) < 4.78 is 1.60. The Hall–Kier alpha value is -4.16. The number of carboxylic acid groups (broad SMARTS) is 2. The first-order chi connectivity index (χ1) is 19.8. The van der Waals surface area contributed by atoms with Gasteiger partial charge in [-0.25, -0.2) is 9.78 Å². The van der Waals surface area contributed by atoms with Gasteiger partial charge in [0.25, 0.3) is 17.7 Å². The molecule has 0 unspecified atom stereocenters. The van der Waals surface area contributed by atoms with E-state index in [1.807, 2.05) is 0 Å². The number of carboxylic acids is 2. The monoisotopic (exact) mass is 635 g/mol. The van der Waals surface area contributed by atoms with Crippen LogP contribution in [0.25, 0.3) is 0 Å². The third-order valence-corrected chi connectivity index (χ3v) is 9.11. The SMILES string of the molecule is CC(C)(O/N=C(\C(=O)N[C@@H]1C(=O)N2C(C(=O)[O-])=C(CSc3cc[n+](CC(N)=O)cc3)CS[C@H]12)c1csc(N)n1)C(=O)O. The second-order valence-corrected chi connectivity index (χ2v) is 12.5. The minimum atomic E-state index is -1.78. The molecule has 4 rings (SSSR count). The second kappa shape index (κ2) is 12.4. The van der Waals surface area contributed by atoms with Crippen molar-refractivity contribution in [2.24, 2.45) is 10.9 Å². The molecule has 42 heavy (non-hydrogen) atoms. The number of nitrogens with one attached hydrogen (secondary N) is 1. The maximum atomic E-state index is 13.2. The Morgan fingerprint density at radius 3 is 2.60 bits per heavy atom. The third-order valence-electron chi connectivity index (χ3n) is 6.00. The van der Waals surface area contributed by atoms with Crippen LogP contribution in [-0.2, 0) is 35.4 Å². The van der Waals surface area contributed by atoms with Crippen molar-refractivity contribution >= 4 is 75.4 Å². The highest BCUT2D eigenvalue weighted by Crippen LogP contribution is 2.41. The van der Waals surface area contributed by atoms with Gasteiger partial charge in [-0.1, -0.05) is 5.16 Å². The van der Waals surface area contributed by atoms with Gasteiger partial charge in [-0.15, -0.1) is 34.9 Å². The second-order valence-electron chi connectivity index (χ2n) is 9.48. The number of amides is 3. The topological polar surface area (TPSA) is 234 Å². The van der Waals surface area contributed by atoms with Crippen LogP contribution in [0.15, 0.2) is 51.2 Å². The van der Waals surface area contributed by atoms with Gasteiger partial charge in [0, 0.05) is 33.9 Å². The third kappa shape index (κ3) is 6.66. The highest BCUT2D eigenvalue weighted by molar-refractivity contribution is 8.01. The Kier molecular flexibility index (Phi) is 9.07. The number of rotatable bonds is 12. The smallest absolute Gasteiger partial charge is 0.350 e. The van der Waals surface area contributed by atoms with E-state index in [9.17, 15) is 34.2 Å². The molecule has 2 atom stereocenters. The van der Waals surface area contributed by atoms with Crippen LogP contribution in [0.5, 0.6) is 0 Å². The molecule has 0 radical (unpaired) electrons. The first-order valence-corrected chi connectivity index (χ1v) is 15.0. The van der Waals surface area contributed by atoms with Crippen molar-refractivity contribution < 1.29 is 43.6 Å². The molecule has 15 nitrogen and oxygen atoms in total. The van der Waals surface area contributed by atoms with Gasteiger partial charge in [-0.05, 0) is 19.4 Å². The molecule has 18 heteroatoms. The zero-order valence-electron chi connectivity index (χ0n) is 22.1. The van der Waals surface area contributed by atoms with E-state index >= 15 is 0 Å². The Morgan fingerprint density at radius 1 is 1.33 bits per heavy atom. The number of primary amides is 1. The number of oxime groups is 1. The van der Waals surface area contributed by atoms with Gasteiger partial charge in [0.1, 0.15) is 17.1 Å². The molecule has 222 valence electrons. The van der Waals surface area contributed by atoms with Crippen molar-refractivity contribution in [1.29, 1.82) is 0 Å². The van der Waals surface area contributed by atoms with Crippen LogP contribution in [0, 0.1) is 0 Å². The molecule has 0 aromatic carbocycles. The average Bonchev–Trinajstić information content (AvgIpc) is 3.35. The number of aliphatic carboxylic acids is 2. The summed E-state index contributed by atoms with van der Waals surface area (Å²) in [4.78, 5) is 71.8. The van der Waals surface area contributed by atoms with E-state index in [0.717, 1.165) is 21.1 Å². The number of pyridine rings is 1. The summed E-state index contributed by atoms with van der Waals surface area (Å²) >= 11 is 3.62. The number of carbonyl (C=O) groups is 5. The summed E-state index contributed by atoms with van der Waals surface area (Å²) in [6.07, 6.45) is 3.34. The van der Waals surface area contributed by atoms with E-state index in [2.05, 4.69) is 15.5 Å². The molecule has 2 aromatic rings. The van der Waals surface area contributed by atoms with Crippen molar-refractivity contribution in [1.82, 2.24) is 15.2 Å². The minimum Gasteiger partial charge on any atom is -0.543 e. The Labute approximate surface area is 251 Å². The van der Waals surface area contributed by atoms with Crippen LogP contribution in [0.3, 0.4) is 0 Å². The molecule has 0 spiro atoms. The summed E-state index contributed by atoms with van der Waals surface area (Å²) in [6, 6.07) is 2.40. The predicted molar refractivity (Wildman–Crippen MR) is 149 cm³/mol. The molecule has 0 bridgehead atoms. The number of hydrogen-bond donors (Lipinski definition) is 4. The van der Waals surface area contributed by atoms with Gasteiger partial charge in [-0.3, -0.25) is 19.3 Å². The molecule has 0 saturated carbocycles. The number of fused-ring (bicyclic) bond motifs is 1. The van der Waals surface area contributed by atoms with E-state index in [-0.39, 0.29) is 34.6 Å². The number of thioether (sulfide) groups is 2. The lowest BCUT2D eigenvalue weighted by molar-refractivity contribution is -0.684. The van der Waals surface area contributed by atoms with Gasteiger partial charge in [0.05, 0.1) is 11.7 Å². The molecule has 4 heterocycles. The molecule has 2 aliphatic rings. The average molecular weight is 636 g/mol. The summed E-state index contributed by atoms with van der Waals surface area (Å²) in [5, 5.41) is 28.4. The number of nitrogens with two attached hydrogens (primary N) is 2. The Morgan fingerprint density at radius 2 is 2.02 bits per heavy atom. The number of β-lactam (4-membered cyclic amide) rings is 1. The van der Waals surface area contributed by atoms with Gasteiger partial charge < -0.3 is 36.6 Å². The van der Waals surface area contributed by atoms with E-state index < -0.39 is 52.4 Å². The van der Waals surface area contributed by atoms with Crippen LogP contribution < -0.4 is 26.5 Å². The molecular formula is C24H25N7O8S3. The van der Waals surface area contributed by atoms with Gasteiger partial charge in [0.15, 0.2) is 23.2 Å². The van der Waals surface area contributed by atoms with Crippen molar-refractivity contribution in [2.45, 2.75) is 42.3 Å². The Bertz CT molecular complexity index is 1510. The zero-order chi connectivity index (χ0) is 30.8. The number of anilines is 1. The largest absolute Gasteiger partial charge is 0.543 e. The quantitative estimate of drug-likeness (QED) is 0.0670. The molecule has 2 aliphatic heterocycles. The summed E-state index contributed by atoms with van der Waals surface area (Å²) in [5.41, 5.74) is 8.91. The van der Waals surface area contributed by atoms with Crippen molar-refractivity contribution in [3.05, 3.63) is 46.9 Å². The van der Waals surface area contributed by atoms with Crippen molar-refractivity contribution in [3.63, 3.8) is 0 Å². The molecule has 2 aromatic heterocycles. The van der Waals surface area contributed by atoms with Crippen molar-refractivity contribution in [2.75, 3.05) is 17.2 Å². The van der Waals surface area contributed by atoms with Gasteiger partial charge in [0.2, 0.25) is 12.1 Å². The highest BCUT2D eigenvalue weighted by Gasteiger charge is 2.53. The fraction of sp³-hybridized carbons (Fsp3) is 0.333. The number of nitrogen functional groups attached to an aromatic ring is 1. The predicted octanol–water partition coefficient (Wildman–Crippen LogP) is -1.72. The van der Waals surface area contributed by atoms with E-state index in [4.69, 9.17) is 16.3 Å². The Balaban J connectivity index is 1.48. The lowest BCUT2D eigenvalue weighted by Gasteiger charge is -2.50. The lowest BCUT2D eigenvalue weighted by Crippen LogP contribution is -2.71. The molecule has 0 aliphatic carbocycles. The highest BCUT2D eigenvalue weighted by atomic mass is 32.2. The first kappa shape index (κ1) is 30.8. The lowest BCUT2D eigenvalue weighted by atomic mass is 10.0. The molecule has 1 fully saturated rings. The number of nitrogens with zero attached hydrogens (tertiary/aromatic N) is 4. The maximum Gasteiger partial charge on any atom is 0.350 e. The zero-order valence-corrected chi connectivity index (χ0v) is 24.6. The first-order valence-electron chi connectivity index (χ1n) is 12.1. The number of carbonyl (C=O) groups excluding carboxylic acids is 4. The van der Waals surface area contributed by atoms with E-state index in [1.165, 1.54) is 42.8 Å². The summed E-state index contributed by atoms with van der Waals surface area (Å²) in [5.74, 6) is -4.39. The number of thiazole rings is 1. The van der Waals surface area contributed by atoms with E-state index in [0.29, 0.717) is 5.57 Å². The van der Waals surface area contributed by atoms with Crippen LogP contribution in [0.4, 0.5) is 5.13 Å². The fourth-order valence-corrected chi connectivity index (χ4v) is 6.70.